The Morgan fingerprint density at radius 1 is 0.404 bits per heavy atom. The third-order valence-electron chi connectivity index (χ3n) is 11.7. The highest BCUT2D eigenvalue weighted by molar-refractivity contribution is 6.23. The normalized spacial score (nSPS) is 11.7. The Morgan fingerprint density at radius 3 is 1.82 bits per heavy atom. The monoisotopic (exact) mass is 727 g/mol. The van der Waals surface area contributed by atoms with Gasteiger partial charge in [-0.3, -0.25) is 9.97 Å². The summed E-state index contributed by atoms with van der Waals surface area (Å²) in [5.41, 5.74) is 14.1. The second-order valence-corrected chi connectivity index (χ2v) is 14.9. The minimum absolute atomic E-state index is 0.994. The summed E-state index contributed by atoms with van der Waals surface area (Å²) < 4.78 is 2.34. The van der Waals surface area contributed by atoms with Crippen molar-refractivity contribution in [3.63, 3.8) is 0 Å². The van der Waals surface area contributed by atoms with E-state index in [0.717, 1.165) is 39.9 Å². The number of rotatable bonds is 6. The van der Waals surface area contributed by atoms with Gasteiger partial charge in [0.2, 0.25) is 0 Å². The van der Waals surface area contributed by atoms with Gasteiger partial charge in [0.1, 0.15) is 0 Å². The minimum atomic E-state index is 0.994. The predicted molar refractivity (Wildman–Crippen MR) is 240 cm³/mol. The molecule has 0 fully saturated rings. The molecule has 0 unspecified atom stereocenters. The first-order valence-corrected chi connectivity index (χ1v) is 19.7. The van der Waals surface area contributed by atoms with Crippen molar-refractivity contribution >= 4 is 54.1 Å². The van der Waals surface area contributed by atoms with Gasteiger partial charge in [-0.05, 0) is 120 Å². The lowest BCUT2D eigenvalue weighted by Gasteiger charge is -2.19. The van der Waals surface area contributed by atoms with Gasteiger partial charge in [-0.1, -0.05) is 134 Å². The summed E-state index contributed by atoms with van der Waals surface area (Å²) in [4.78, 5) is 9.41. The average molecular weight is 728 g/mol. The van der Waals surface area contributed by atoms with Gasteiger partial charge in [0.25, 0.3) is 0 Å². The Hall–Kier alpha value is -7.36. The Morgan fingerprint density at radius 2 is 1.04 bits per heavy atom. The zero-order valence-corrected chi connectivity index (χ0v) is 31.5. The minimum Gasteiger partial charge on any atom is -0.308 e. The van der Waals surface area contributed by atoms with Gasteiger partial charge in [0.15, 0.2) is 0 Å². The number of pyridine rings is 2. The molecule has 0 N–H and O–H groups in total. The lowest BCUT2D eigenvalue weighted by Crippen LogP contribution is -1.95. The van der Waals surface area contributed by atoms with Crippen molar-refractivity contribution in [3.8, 4) is 50.2 Å². The highest BCUT2D eigenvalue weighted by Gasteiger charge is 2.19. The molecule has 268 valence electrons. The third-order valence-corrected chi connectivity index (χ3v) is 11.7. The average Bonchev–Trinajstić information content (AvgIpc) is 3.62. The molecular formula is C54H37N3. The maximum absolute atomic E-state index is 4.89. The van der Waals surface area contributed by atoms with E-state index in [1.165, 1.54) is 76.4 Å². The molecule has 3 heterocycles. The van der Waals surface area contributed by atoms with E-state index in [-0.39, 0.29) is 0 Å². The van der Waals surface area contributed by atoms with Crippen LogP contribution in [0.1, 0.15) is 12.5 Å². The van der Waals surface area contributed by atoms with Crippen molar-refractivity contribution in [2.75, 3.05) is 0 Å². The van der Waals surface area contributed by atoms with E-state index in [0.29, 0.717) is 0 Å². The van der Waals surface area contributed by atoms with Crippen molar-refractivity contribution in [1.29, 1.82) is 0 Å². The second kappa shape index (κ2) is 13.4. The van der Waals surface area contributed by atoms with Gasteiger partial charge in [0.05, 0.1) is 17.2 Å². The van der Waals surface area contributed by atoms with E-state index in [4.69, 9.17) is 4.98 Å². The number of benzene rings is 8. The number of fused-ring (bicyclic) bond motifs is 6. The standard InChI is InChI=1S/C54H37N3/c1-2-35-12-9-17-42(28-35)57-51-25-24-39(31-50(51)44-26-27-55-34-52(44)57)37-15-10-16-38(29-37)40-30-41(33-56-32-40)53-46-19-5-7-21-48(46)54(49-22-8-6-20-47(49)53)45-23-11-14-36-13-3-4-18-43(36)45/h3-34H,2H2,1H3. The van der Waals surface area contributed by atoms with Crippen molar-refractivity contribution < 1.29 is 0 Å². The van der Waals surface area contributed by atoms with Crippen molar-refractivity contribution in [2.24, 2.45) is 0 Å². The first-order valence-electron chi connectivity index (χ1n) is 19.7. The van der Waals surface area contributed by atoms with Crippen LogP contribution in [0.5, 0.6) is 0 Å². The Bertz CT molecular complexity index is 3290. The number of aryl methyl sites for hydroxylation is 1. The third kappa shape index (κ3) is 5.43. The Kier molecular flexibility index (Phi) is 7.78. The van der Waals surface area contributed by atoms with Crippen LogP contribution >= 0.6 is 0 Å². The molecule has 0 spiro atoms. The molecule has 3 aromatic heterocycles. The molecule has 0 saturated carbocycles. The molecule has 0 amide bonds. The molecule has 11 rings (SSSR count). The van der Waals surface area contributed by atoms with Crippen LogP contribution in [0.3, 0.4) is 0 Å². The summed E-state index contributed by atoms with van der Waals surface area (Å²) in [5.74, 6) is 0. The molecule has 0 aliphatic rings. The number of nitrogens with zero attached hydrogens (tertiary/aromatic N) is 3. The zero-order chi connectivity index (χ0) is 37.9. The van der Waals surface area contributed by atoms with E-state index in [1.807, 2.05) is 24.8 Å². The molecule has 57 heavy (non-hydrogen) atoms. The van der Waals surface area contributed by atoms with Crippen LogP contribution in [0, 0.1) is 0 Å². The molecule has 0 saturated heterocycles. The first-order chi connectivity index (χ1) is 28.2. The Balaban J connectivity index is 1.04. The smallest absolute Gasteiger partial charge is 0.0724 e. The summed E-state index contributed by atoms with van der Waals surface area (Å²) in [6, 6.07) is 62.0. The zero-order valence-electron chi connectivity index (χ0n) is 31.5. The molecule has 3 nitrogen and oxygen atoms in total. The summed E-state index contributed by atoms with van der Waals surface area (Å²) >= 11 is 0. The molecule has 0 aliphatic carbocycles. The molecule has 11 aromatic rings. The van der Waals surface area contributed by atoms with E-state index in [9.17, 15) is 0 Å². The summed E-state index contributed by atoms with van der Waals surface area (Å²) in [5, 5.41) is 9.82. The van der Waals surface area contributed by atoms with Crippen molar-refractivity contribution in [2.45, 2.75) is 13.3 Å². The maximum Gasteiger partial charge on any atom is 0.0724 e. The quantitative estimate of drug-likeness (QED) is 0.160. The van der Waals surface area contributed by atoms with E-state index in [1.54, 1.807) is 0 Å². The van der Waals surface area contributed by atoms with Gasteiger partial charge in [-0.25, -0.2) is 0 Å². The van der Waals surface area contributed by atoms with Crippen molar-refractivity contribution in [1.82, 2.24) is 14.5 Å². The molecule has 0 radical (unpaired) electrons. The Labute approximate surface area is 331 Å². The fourth-order valence-electron chi connectivity index (χ4n) is 9.03. The second-order valence-electron chi connectivity index (χ2n) is 14.9. The maximum atomic E-state index is 4.89. The topological polar surface area (TPSA) is 30.7 Å². The van der Waals surface area contributed by atoms with Gasteiger partial charge in [-0.2, -0.15) is 0 Å². The highest BCUT2D eigenvalue weighted by Crippen LogP contribution is 2.45. The van der Waals surface area contributed by atoms with E-state index >= 15 is 0 Å². The van der Waals surface area contributed by atoms with Crippen LogP contribution in [0.15, 0.2) is 195 Å². The van der Waals surface area contributed by atoms with Gasteiger partial charge in [-0.15, -0.1) is 0 Å². The number of aromatic nitrogens is 3. The molecule has 8 aromatic carbocycles. The summed E-state index contributed by atoms with van der Waals surface area (Å²) in [6.45, 7) is 2.20. The van der Waals surface area contributed by atoms with Crippen LogP contribution in [0.2, 0.25) is 0 Å². The predicted octanol–water partition coefficient (Wildman–Crippen LogP) is 14.3. The van der Waals surface area contributed by atoms with Gasteiger partial charge < -0.3 is 4.57 Å². The van der Waals surface area contributed by atoms with Crippen LogP contribution < -0.4 is 0 Å². The lowest BCUT2D eigenvalue weighted by atomic mass is 9.84. The van der Waals surface area contributed by atoms with Crippen LogP contribution in [-0.2, 0) is 6.42 Å². The van der Waals surface area contributed by atoms with Crippen LogP contribution in [0.25, 0.3) is 104 Å². The first kappa shape index (κ1) is 33.0. The number of hydrogen-bond acceptors (Lipinski definition) is 2. The molecule has 3 heteroatoms. The van der Waals surface area contributed by atoms with Gasteiger partial charge in [0, 0.05) is 46.2 Å². The molecule has 0 aliphatic heterocycles. The van der Waals surface area contributed by atoms with Crippen LogP contribution in [0.4, 0.5) is 0 Å². The molecule has 0 atom stereocenters. The van der Waals surface area contributed by atoms with Crippen molar-refractivity contribution in [3.05, 3.63) is 200 Å². The number of hydrogen-bond donors (Lipinski definition) is 0. The van der Waals surface area contributed by atoms with E-state index in [2.05, 4.69) is 186 Å². The fourth-order valence-corrected chi connectivity index (χ4v) is 9.03. The summed E-state index contributed by atoms with van der Waals surface area (Å²) in [7, 11) is 0. The van der Waals surface area contributed by atoms with Crippen LogP contribution in [-0.4, -0.2) is 14.5 Å². The fraction of sp³-hybridized carbons (Fsp3) is 0.0370. The largest absolute Gasteiger partial charge is 0.308 e. The van der Waals surface area contributed by atoms with E-state index < -0.39 is 0 Å². The SMILES string of the molecule is CCc1cccc(-n2c3ccc(-c4cccc(-c5cncc(-c6c7ccccc7c(-c7cccc8ccccc78)c7ccccc67)c5)c4)cc3c3ccncc32)c1. The lowest BCUT2D eigenvalue weighted by molar-refractivity contribution is 1.10. The molecule has 0 bridgehead atoms. The highest BCUT2D eigenvalue weighted by atomic mass is 15.0. The summed E-state index contributed by atoms with van der Waals surface area (Å²) in [6.07, 6.45) is 8.89. The van der Waals surface area contributed by atoms with Gasteiger partial charge >= 0.3 is 0 Å². The molecular weight excluding hydrogens is 691 g/mol.